The highest BCUT2D eigenvalue weighted by Crippen LogP contribution is 2.31. The van der Waals surface area contributed by atoms with Crippen LogP contribution < -0.4 is 4.74 Å². The molecule has 0 unspecified atom stereocenters. The fraction of sp³-hybridized carbons (Fsp3) is 0.0625. The molecule has 0 saturated heterocycles. The van der Waals surface area contributed by atoms with Crippen LogP contribution in [0.15, 0.2) is 42.5 Å². The highest BCUT2D eigenvalue weighted by Gasteiger charge is 2.13. The molecule has 20 heavy (non-hydrogen) atoms. The third-order valence-electron chi connectivity index (χ3n) is 3.30. The van der Waals surface area contributed by atoms with Gasteiger partial charge >= 0.3 is 0 Å². The predicted octanol–water partition coefficient (Wildman–Crippen LogP) is 4.31. The number of halogens is 1. The van der Waals surface area contributed by atoms with Crippen LogP contribution >= 0.6 is 11.6 Å². The van der Waals surface area contributed by atoms with E-state index in [4.69, 9.17) is 16.3 Å². The van der Waals surface area contributed by atoms with Gasteiger partial charge in [-0.3, -0.25) is 4.79 Å². The van der Waals surface area contributed by atoms with Crippen LogP contribution in [0.1, 0.15) is 10.4 Å². The Morgan fingerprint density at radius 2 is 1.90 bits per heavy atom. The minimum absolute atomic E-state index is 0.626. The van der Waals surface area contributed by atoms with Crippen LogP contribution in [-0.4, -0.2) is 18.4 Å². The van der Waals surface area contributed by atoms with Crippen molar-refractivity contribution in [1.82, 2.24) is 4.98 Å². The van der Waals surface area contributed by atoms with E-state index < -0.39 is 0 Å². The molecule has 0 bridgehead atoms. The molecule has 2 aromatic carbocycles. The lowest BCUT2D eigenvalue weighted by Gasteiger charge is -2.00. The zero-order chi connectivity index (χ0) is 14.1. The number of aromatic amines is 1. The summed E-state index contributed by atoms with van der Waals surface area (Å²) in [6.07, 6.45) is 0.863. The zero-order valence-electron chi connectivity index (χ0n) is 10.8. The first kappa shape index (κ1) is 12.8. The number of aldehydes is 1. The summed E-state index contributed by atoms with van der Waals surface area (Å²) in [6.45, 7) is 0. The average molecular weight is 286 g/mol. The van der Waals surface area contributed by atoms with Crippen LogP contribution in [0.2, 0.25) is 5.02 Å². The van der Waals surface area contributed by atoms with Gasteiger partial charge in [0.05, 0.1) is 12.8 Å². The second-order valence-corrected chi connectivity index (χ2v) is 4.89. The number of rotatable bonds is 3. The number of hydrogen-bond acceptors (Lipinski definition) is 2. The van der Waals surface area contributed by atoms with Gasteiger partial charge in [-0.15, -0.1) is 0 Å². The summed E-state index contributed by atoms with van der Waals surface area (Å²) in [4.78, 5) is 14.7. The lowest BCUT2D eigenvalue weighted by atomic mass is 10.1. The zero-order valence-corrected chi connectivity index (χ0v) is 11.6. The Bertz CT molecular complexity index is 775. The number of fused-ring (bicyclic) bond motifs is 1. The molecular weight excluding hydrogens is 274 g/mol. The van der Waals surface area contributed by atoms with Gasteiger partial charge in [-0.05, 0) is 35.9 Å². The SMILES string of the molecule is COc1ccc2[nH]c(-c3ccc(Cl)cc3)c(C=O)c2c1. The topological polar surface area (TPSA) is 42.1 Å². The van der Waals surface area contributed by atoms with Gasteiger partial charge in [-0.2, -0.15) is 0 Å². The minimum atomic E-state index is 0.626. The van der Waals surface area contributed by atoms with E-state index in [1.165, 1.54) is 0 Å². The highest BCUT2D eigenvalue weighted by molar-refractivity contribution is 6.30. The van der Waals surface area contributed by atoms with Gasteiger partial charge in [-0.1, -0.05) is 23.7 Å². The molecule has 0 amide bonds. The number of benzene rings is 2. The quantitative estimate of drug-likeness (QED) is 0.729. The highest BCUT2D eigenvalue weighted by atomic mass is 35.5. The number of H-pyrrole nitrogens is 1. The van der Waals surface area contributed by atoms with Crippen LogP contribution in [0.5, 0.6) is 5.75 Å². The summed E-state index contributed by atoms with van der Waals surface area (Å²) in [6, 6.07) is 13.0. The van der Waals surface area contributed by atoms with Crippen molar-refractivity contribution >= 4 is 28.8 Å². The first-order valence-corrected chi connectivity index (χ1v) is 6.51. The smallest absolute Gasteiger partial charge is 0.152 e. The van der Waals surface area contributed by atoms with E-state index in [0.29, 0.717) is 10.6 Å². The summed E-state index contributed by atoms with van der Waals surface area (Å²) < 4.78 is 5.21. The van der Waals surface area contributed by atoms with Gasteiger partial charge in [-0.25, -0.2) is 0 Å². The summed E-state index contributed by atoms with van der Waals surface area (Å²) in [5, 5.41) is 1.52. The van der Waals surface area contributed by atoms with Crippen molar-refractivity contribution in [3.63, 3.8) is 0 Å². The number of methoxy groups -OCH3 is 1. The molecule has 1 N–H and O–H groups in total. The van der Waals surface area contributed by atoms with Gasteiger partial charge in [0, 0.05) is 21.5 Å². The standard InChI is InChI=1S/C16H12ClNO2/c1-20-12-6-7-15-13(8-12)14(9-19)16(18-15)10-2-4-11(17)5-3-10/h2-9,18H,1H3. The fourth-order valence-electron chi connectivity index (χ4n) is 2.29. The Hall–Kier alpha value is -2.26. The van der Waals surface area contributed by atoms with Crippen LogP contribution in [0.4, 0.5) is 0 Å². The van der Waals surface area contributed by atoms with E-state index in [-0.39, 0.29) is 0 Å². The first-order chi connectivity index (χ1) is 9.72. The first-order valence-electron chi connectivity index (χ1n) is 6.14. The van der Waals surface area contributed by atoms with E-state index in [0.717, 1.165) is 34.2 Å². The van der Waals surface area contributed by atoms with Crippen molar-refractivity contribution in [3.8, 4) is 17.0 Å². The second-order valence-electron chi connectivity index (χ2n) is 4.45. The average Bonchev–Trinajstić information content (AvgIpc) is 2.85. The molecule has 1 aromatic heterocycles. The largest absolute Gasteiger partial charge is 0.497 e. The molecule has 4 heteroatoms. The molecule has 0 aliphatic heterocycles. The van der Waals surface area contributed by atoms with Crippen molar-refractivity contribution in [3.05, 3.63) is 53.1 Å². The number of hydrogen-bond donors (Lipinski definition) is 1. The Balaban J connectivity index is 2.25. The van der Waals surface area contributed by atoms with E-state index in [2.05, 4.69) is 4.98 Å². The van der Waals surface area contributed by atoms with E-state index in [9.17, 15) is 4.79 Å². The lowest BCUT2D eigenvalue weighted by Crippen LogP contribution is -1.85. The molecular formula is C16H12ClNO2. The lowest BCUT2D eigenvalue weighted by molar-refractivity contribution is 0.112. The number of carbonyl (C=O) groups is 1. The molecule has 0 spiro atoms. The van der Waals surface area contributed by atoms with Crippen molar-refractivity contribution in [2.45, 2.75) is 0 Å². The third kappa shape index (κ3) is 2.06. The number of carbonyl (C=O) groups excluding carboxylic acids is 1. The molecule has 0 saturated carbocycles. The van der Waals surface area contributed by atoms with Crippen LogP contribution in [0, 0.1) is 0 Å². The van der Waals surface area contributed by atoms with Gasteiger partial charge in [0.15, 0.2) is 6.29 Å². The van der Waals surface area contributed by atoms with Crippen LogP contribution in [0.25, 0.3) is 22.2 Å². The Morgan fingerprint density at radius 1 is 1.15 bits per heavy atom. The third-order valence-corrected chi connectivity index (χ3v) is 3.55. The monoisotopic (exact) mass is 285 g/mol. The van der Waals surface area contributed by atoms with Gasteiger partial charge in [0.25, 0.3) is 0 Å². The summed E-state index contributed by atoms with van der Waals surface area (Å²) in [5.41, 5.74) is 3.24. The molecule has 0 atom stereocenters. The Kier molecular flexibility index (Phi) is 3.20. The maximum absolute atomic E-state index is 11.5. The molecule has 0 aliphatic rings. The molecule has 3 aromatic rings. The minimum Gasteiger partial charge on any atom is -0.497 e. The van der Waals surface area contributed by atoms with E-state index >= 15 is 0 Å². The number of nitrogens with one attached hydrogen (secondary N) is 1. The van der Waals surface area contributed by atoms with Crippen molar-refractivity contribution in [2.24, 2.45) is 0 Å². The van der Waals surface area contributed by atoms with Gasteiger partial charge in [0.1, 0.15) is 5.75 Å². The molecule has 0 aliphatic carbocycles. The normalized spacial score (nSPS) is 10.7. The molecule has 3 nitrogen and oxygen atoms in total. The molecule has 0 fully saturated rings. The van der Waals surface area contributed by atoms with Gasteiger partial charge < -0.3 is 9.72 Å². The molecule has 100 valence electrons. The fourth-order valence-corrected chi connectivity index (χ4v) is 2.41. The Morgan fingerprint density at radius 3 is 2.55 bits per heavy atom. The van der Waals surface area contributed by atoms with E-state index in [1.807, 2.05) is 30.3 Å². The van der Waals surface area contributed by atoms with E-state index in [1.54, 1.807) is 19.2 Å². The van der Waals surface area contributed by atoms with Crippen LogP contribution in [0.3, 0.4) is 0 Å². The van der Waals surface area contributed by atoms with Crippen LogP contribution in [-0.2, 0) is 0 Å². The maximum Gasteiger partial charge on any atom is 0.152 e. The van der Waals surface area contributed by atoms with Crippen molar-refractivity contribution in [1.29, 1.82) is 0 Å². The van der Waals surface area contributed by atoms with Crippen molar-refractivity contribution < 1.29 is 9.53 Å². The van der Waals surface area contributed by atoms with Gasteiger partial charge in [0.2, 0.25) is 0 Å². The molecule has 1 heterocycles. The maximum atomic E-state index is 11.5. The predicted molar refractivity (Wildman–Crippen MR) is 80.7 cm³/mol. The number of aromatic nitrogens is 1. The molecule has 0 radical (unpaired) electrons. The molecule has 3 rings (SSSR count). The summed E-state index contributed by atoms with van der Waals surface area (Å²) >= 11 is 5.89. The summed E-state index contributed by atoms with van der Waals surface area (Å²) in [7, 11) is 1.61. The Labute approximate surface area is 121 Å². The van der Waals surface area contributed by atoms with Crippen molar-refractivity contribution in [2.75, 3.05) is 7.11 Å². The number of ether oxygens (including phenoxy) is 1. The second kappa shape index (κ2) is 5.02. The summed E-state index contributed by atoms with van der Waals surface area (Å²) in [5.74, 6) is 0.724.